The lowest BCUT2D eigenvalue weighted by Gasteiger charge is -2.36. The van der Waals surface area contributed by atoms with E-state index in [4.69, 9.17) is 31.5 Å². The van der Waals surface area contributed by atoms with Gasteiger partial charge >= 0.3 is 11.9 Å². The van der Waals surface area contributed by atoms with Crippen LogP contribution in [-0.2, 0) is 28.6 Å². The third kappa shape index (κ3) is 5.02. The molecule has 186 valence electrons. The first kappa shape index (κ1) is 26.3. The second kappa shape index (κ2) is 11.4. The van der Waals surface area contributed by atoms with E-state index >= 15 is 0 Å². The summed E-state index contributed by atoms with van der Waals surface area (Å²) in [7, 11) is 3.70. The number of carbonyl (C=O) groups excluding carboxylic acids is 3. The monoisotopic (exact) mass is 510 g/mol. The summed E-state index contributed by atoms with van der Waals surface area (Å²) >= 11 is 6.39. The summed E-state index contributed by atoms with van der Waals surface area (Å²) in [5.41, 5.74) is 7.17. The molecule has 1 amide bonds. The summed E-state index contributed by atoms with van der Waals surface area (Å²) in [6.45, 7) is -0.177. The minimum atomic E-state index is -0.989. The van der Waals surface area contributed by atoms with Gasteiger partial charge in [0.2, 0.25) is 5.91 Å². The van der Waals surface area contributed by atoms with Crippen LogP contribution in [0.4, 0.5) is 11.4 Å². The molecule has 0 spiro atoms. The molecule has 0 fully saturated rings. The Bertz CT molecular complexity index is 1300. The van der Waals surface area contributed by atoms with E-state index in [9.17, 15) is 19.6 Å². The van der Waals surface area contributed by atoms with E-state index in [-0.39, 0.29) is 45.7 Å². The fourth-order valence-corrected chi connectivity index (χ4v) is 4.07. The summed E-state index contributed by atoms with van der Waals surface area (Å²) in [5, 5.41) is 12.8. The molecule has 0 aromatic heterocycles. The van der Waals surface area contributed by atoms with E-state index in [1.165, 1.54) is 37.3 Å². The molecule has 36 heavy (non-hydrogen) atoms. The van der Waals surface area contributed by atoms with Gasteiger partial charge in [0.1, 0.15) is 18.1 Å². The Morgan fingerprint density at radius 3 is 2.31 bits per heavy atom. The second-order valence-electron chi connectivity index (χ2n) is 7.48. The number of amides is 1. The number of hydrogen-bond donors (Lipinski definition) is 2. The van der Waals surface area contributed by atoms with Gasteiger partial charge in [0.05, 0.1) is 48.1 Å². The Hall–Kier alpha value is -4.33. The molecule has 1 unspecified atom stereocenters. The highest BCUT2D eigenvalue weighted by Crippen LogP contribution is 2.43. The number of nitrogens with one attached hydrogen (secondary N) is 1. The SMILES string of the molecule is COCC(=O)Nc1ccc(N2C(N)=C(C#N)C(c3ccccc3)C(C(=O)OC)=C2C(=O)OC)cc1Cl. The summed E-state index contributed by atoms with van der Waals surface area (Å²) in [6.07, 6.45) is 0. The van der Waals surface area contributed by atoms with Crippen LogP contribution in [0.3, 0.4) is 0 Å². The molecule has 3 N–H and O–H groups in total. The van der Waals surface area contributed by atoms with Crippen LogP contribution in [0.15, 0.2) is 71.2 Å². The van der Waals surface area contributed by atoms with Gasteiger partial charge in [0, 0.05) is 12.8 Å². The third-order valence-electron chi connectivity index (χ3n) is 5.37. The van der Waals surface area contributed by atoms with Gasteiger partial charge < -0.3 is 25.3 Å². The van der Waals surface area contributed by atoms with Gasteiger partial charge in [0.25, 0.3) is 0 Å². The minimum Gasteiger partial charge on any atom is -0.466 e. The van der Waals surface area contributed by atoms with Gasteiger partial charge in [-0.1, -0.05) is 41.9 Å². The molecule has 0 bridgehead atoms. The molecule has 0 radical (unpaired) electrons. The van der Waals surface area contributed by atoms with Crippen molar-refractivity contribution < 1.29 is 28.6 Å². The molecule has 0 saturated carbocycles. The summed E-state index contributed by atoms with van der Waals surface area (Å²) < 4.78 is 14.8. The fraction of sp³-hybridized carbons (Fsp3) is 0.200. The highest BCUT2D eigenvalue weighted by Gasteiger charge is 2.43. The van der Waals surface area contributed by atoms with Gasteiger partial charge in [-0.25, -0.2) is 9.59 Å². The van der Waals surface area contributed by atoms with Crippen LogP contribution in [-0.4, -0.2) is 45.8 Å². The maximum atomic E-state index is 13.1. The van der Waals surface area contributed by atoms with Crippen molar-refractivity contribution in [2.24, 2.45) is 5.73 Å². The van der Waals surface area contributed by atoms with Crippen molar-refractivity contribution in [3.05, 3.63) is 81.8 Å². The lowest BCUT2D eigenvalue weighted by molar-refractivity contribution is -0.139. The number of methoxy groups -OCH3 is 3. The zero-order valence-electron chi connectivity index (χ0n) is 19.7. The molecule has 0 aliphatic carbocycles. The zero-order valence-corrected chi connectivity index (χ0v) is 20.5. The molecule has 1 aliphatic rings. The molecule has 1 aliphatic heterocycles. The van der Waals surface area contributed by atoms with E-state index < -0.39 is 23.8 Å². The number of nitrogens with two attached hydrogens (primary N) is 1. The van der Waals surface area contributed by atoms with E-state index in [1.807, 2.05) is 0 Å². The number of carbonyl (C=O) groups is 3. The van der Waals surface area contributed by atoms with Crippen molar-refractivity contribution in [2.75, 3.05) is 38.2 Å². The first-order valence-electron chi connectivity index (χ1n) is 10.5. The van der Waals surface area contributed by atoms with Crippen LogP contribution in [0.1, 0.15) is 11.5 Å². The van der Waals surface area contributed by atoms with Gasteiger partial charge in [-0.15, -0.1) is 0 Å². The molecule has 1 atom stereocenters. The summed E-state index contributed by atoms with van der Waals surface area (Å²) in [6, 6.07) is 15.1. The van der Waals surface area contributed by atoms with E-state index in [2.05, 4.69) is 11.4 Å². The lowest BCUT2D eigenvalue weighted by Crippen LogP contribution is -2.40. The molecular weight excluding hydrogens is 488 g/mol. The van der Waals surface area contributed by atoms with Crippen molar-refractivity contribution in [2.45, 2.75) is 5.92 Å². The largest absolute Gasteiger partial charge is 0.466 e. The van der Waals surface area contributed by atoms with Crippen molar-refractivity contribution >= 4 is 40.8 Å². The Balaban J connectivity index is 2.27. The Morgan fingerprint density at radius 1 is 1.08 bits per heavy atom. The number of nitrogens with zero attached hydrogens (tertiary/aromatic N) is 2. The zero-order chi connectivity index (χ0) is 26.4. The summed E-state index contributed by atoms with van der Waals surface area (Å²) in [4.78, 5) is 39.2. The highest BCUT2D eigenvalue weighted by atomic mass is 35.5. The Labute approximate surface area is 212 Å². The van der Waals surface area contributed by atoms with Crippen LogP contribution in [0, 0.1) is 11.3 Å². The van der Waals surface area contributed by atoms with Gasteiger partial charge in [-0.05, 0) is 23.8 Å². The Kier molecular flexibility index (Phi) is 8.32. The average Bonchev–Trinajstić information content (AvgIpc) is 2.88. The van der Waals surface area contributed by atoms with Gasteiger partial charge in [-0.3, -0.25) is 9.69 Å². The summed E-state index contributed by atoms with van der Waals surface area (Å²) in [5.74, 6) is -3.25. The lowest BCUT2D eigenvalue weighted by atomic mass is 9.81. The molecule has 3 rings (SSSR count). The van der Waals surface area contributed by atoms with Crippen LogP contribution in [0.2, 0.25) is 5.02 Å². The van der Waals surface area contributed by atoms with Gasteiger partial charge in [0.15, 0.2) is 0 Å². The number of anilines is 2. The van der Waals surface area contributed by atoms with Crippen LogP contribution >= 0.6 is 11.6 Å². The predicted octanol–water partition coefficient (Wildman–Crippen LogP) is 2.82. The highest BCUT2D eigenvalue weighted by molar-refractivity contribution is 6.34. The molecule has 0 saturated heterocycles. The molecule has 10 nitrogen and oxygen atoms in total. The third-order valence-corrected chi connectivity index (χ3v) is 5.68. The maximum absolute atomic E-state index is 13.1. The number of rotatable bonds is 7. The Morgan fingerprint density at radius 2 is 1.75 bits per heavy atom. The van der Waals surface area contributed by atoms with Crippen molar-refractivity contribution in [3.63, 3.8) is 0 Å². The van der Waals surface area contributed by atoms with Crippen LogP contribution in [0.5, 0.6) is 0 Å². The number of benzene rings is 2. The number of ether oxygens (including phenoxy) is 3. The average molecular weight is 511 g/mol. The van der Waals surface area contributed by atoms with Crippen molar-refractivity contribution in [1.29, 1.82) is 5.26 Å². The minimum absolute atomic E-state index is 0.0165. The number of esters is 2. The number of hydrogen-bond acceptors (Lipinski definition) is 9. The van der Waals surface area contributed by atoms with Crippen molar-refractivity contribution in [3.8, 4) is 6.07 Å². The maximum Gasteiger partial charge on any atom is 0.355 e. The molecule has 11 heteroatoms. The normalized spacial score (nSPS) is 15.3. The van der Waals surface area contributed by atoms with Crippen LogP contribution < -0.4 is 16.0 Å². The van der Waals surface area contributed by atoms with E-state index in [0.717, 1.165) is 7.11 Å². The first-order chi connectivity index (χ1) is 17.3. The van der Waals surface area contributed by atoms with Gasteiger partial charge in [-0.2, -0.15) is 5.26 Å². The molecule has 1 heterocycles. The van der Waals surface area contributed by atoms with Crippen LogP contribution in [0.25, 0.3) is 0 Å². The fourth-order valence-electron chi connectivity index (χ4n) is 3.84. The molecule has 2 aromatic carbocycles. The quantitative estimate of drug-likeness (QED) is 0.537. The number of nitriles is 1. The smallest absolute Gasteiger partial charge is 0.355 e. The number of allylic oxidation sites excluding steroid dienone is 1. The molecular formula is C25H23ClN4O6. The van der Waals surface area contributed by atoms with E-state index in [1.54, 1.807) is 30.3 Å². The predicted molar refractivity (Wildman–Crippen MR) is 132 cm³/mol. The van der Waals surface area contributed by atoms with Crippen molar-refractivity contribution in [1.82, 2.24) is 0 Å². The topological polar surface area (TPSA) is 144 Å². The molecule has 2 aromatic rings. The first-order valence-corrected chi connectivity index (χ1v) is 10.9. The second-order valence-corrected chi connectivity index (χ2v) is 7.89. The number of halogens is 1. The van der Waals surface area contributed by atoms with E-state index in [0.29, 0.717) is 5.56 Å². The standard InChI is InChI=1S/C25H23ClN4O6/c1-34-13-19(31)29-18-10-9-15(11-17(18)26)30-22(25(33)36-3)21(24(32)35-2)20(16(12-27)23(30)28)14-7-5-4-6-8-14/h4-11,20H,13,28H2,1-3H3,(H,29,31).